The van der Waals surface area contributed by atoms with Crippen molar-refractivity contribution < 1.29 is 9.53 Å². The second-order valence-electron chi connectivity index (χ2n) is 5.68. The van der Waals surface area contributed by atoms with E-state index in [0.29, 0.717) is 6.61 Å². The number of esters is 1. The Labute approximate surface area is 111 Å². The van der Waals surface area contributed by atoms with Crippen LogP contribution in [0.4, 0.5) is 0 Å². The molecule has 0 aromatic heterocycles. The van der Waals surface area contributed by atoms with Crippen LogP contribution in [-0.4, -0.2) is 12.6 Å². The molecule has 1 saturated carbocycles. The van der Waals surface area contributed by atoms with Crippen LogP contribution in [-0.2, 0) is 9.53 Å². The molecule has 0 unspecified atom stereocenters. The van der Waals surface area contributed by atoms with E-state index in [4.69, 9.17) is 4.74 Å². The van der Waals surface area contributed by atoms with Gasteiger partial charge in [0.05, 0.1) is 6.61 Å². The molecule has 0 aliphatic heterocycles. The van der Waals surface area contributed by atoms with Crippen molar-refractivity contribution in [3.63, 3.8) is 0 Å². The molecule has 0 heterocycles. The van der Waals surface area contributed by atoms with E-state index >= 15 is 0 Å². The van der Waals surface area contributed by atoms with Gasteiger partial charge in [-0.25, -0.2) is 4.79 Å². The molecule has 2 rings (SSSR count). The Morgan fingerprint density at radius 1 is 1.28 bits per heavy atom. The van der Waals surface area contributed by atoms with E-state index in [-0.39, 0.29) is 5.97 Å². The first kappa shape index (κ1) is 13.6. The lowest BCUT2D eigenvalue weighted by Crippen LogP contribution is -2.08. The van der Waals surface area contributed by atoms with Crippen LogP contribution < -0.4 is 0 Å². The average molecular weight is 250 g/mol. The molecule has 2 nitrogen and oxygen atoms in total. The summed E-state index contributed by atoms with van der Waals surface area (Å²) in [4.78, 5) is 11.9. The molecule has 0 bridgehead atoms. The molecular weight excluding hydrogens is 224 g/mol. The number of unbranched alkanes of at least 4 members (excludes halogenated alkanes) is 2. The molecule has 0 aromatic carbocycles. The van der Waals surface area contributed by atoms with Crippen LogP contribution in [0.2, 0.25) is 0 Å². The number of carbonyl (C=O) groups excluding carboxylic acids is 1. The minimum atomic E-state index is -0.0378. The van der Waals surface area contributed by atoms with Gasteiger partial charge in [0.1, 0.15) is 0 Å². The fraction of sp³-hybridized carbons (Fsp3) is 0.812. The van der Waals surface area contributed by atoms with Gasteiger partial charge in [0.15, 0.2) is 0 Å². The zero-order valence-corrected chi connectivity index (χ0v) is 11.8. The van der Waals surface area contributed by atoms with Crippen LogP contribution in [0, 0.1) is 11.8 Å². The van der Waals surface area contributed by atoms with Crippen molar-refractivity contribution in [1.82, 2.24) is 0 Å². The maximum absolute atomic E-state index is 11.9. The van der Waals surface area contributed by atoms with Crippen LogP contribution in [0.1, 0.15) is 65.2 Å². The highest BCUT2D eigenvalue weighted by atomic mass is 16.5. The average Bonchev–Trinajstić information content (AvgIpc) is 2.95. The van der Waals surface area contributed by atoms with Crippen molar-refractivity contribution in [2.45, 2.75) is 65.2 Å². The van der Waals surface area contributed by atoms with Gasteiger partial charge >= 0.3 is 5.97 Å². The Balaban J connectivity index is 1.88. The Hall–Kier alpha value is -0.790. The minimum Gasteiger partial charge on any atom is -0.463 e. The Morgan fingerprint density at radius 2 is 2.11 bits per heavy atom. The van der Waals surface area contributed by atoms with Gasteiger partial charge in [-0.1, -0.05) is 31.8 Å². The van der Waals surface area contributed by atoms with Gasteiger partial charge in [0.2, 0.25) is 0 Å². The summed E-state index contributed by atoms with van der Waals surface area (Å²) in [6, 6.07) is 0. The second-order valence-corrected chi connectivity index (χ2v) is 5.68. The van der Waals surface area contributed by atoms with Crippen molar-refractivity contribution in [1.29, 1.82) is 0 Å². The number of hydrogen-bond acceptors (Lipinski definition) is 2. The lowest BCUT2D eigenvalue weighted by molar-refractivity contribution is -0.138. The Morgan fingerprint density at radius 3 is 2.83 bits per heavy atom. The van der Waals surface area contributed by atoms with Crippen molar-refractivity contribution >= 4 is 5.97 Å². The van der Waals surface area contributed by atoms with Gasteiger partial charge in [-0.2, -0.15) is 0 Å². The normalized spacial score (nSPS) is 26.6. The zero-order valence-electron chi connectivity index (χ0n) is 11.8. The van der Waals surface area contributed by atoms with E-state index < -0.39 is 0 Å². The molecular formula is C16H26O2. The van der Waals surface area contributed by atoms with Gasteiger partial charge in [-0.3, -0.25) is 0 Å². The van der Waals surface area contributed by atoms with Crippen molar-refractivity contribution in [3.05, 3.63) is 11.1 Å². The zero-order chi connectivity index (χ0) is 13.0. The van der Waals surface area contributed by atoms with Gasteiger partial charge in [-0.05, 0) is 50.9 Å². The third-order valence-corrected chi connectivity index (χ3v) is 4.33. The van der Waals surface area contributed by atoms with E-state index in [0.717, 1.165) is 36.7 Å². The fourth-order valence-electron chi connectivity index (χ4n) is 3.28. The third-order valence-electron chi connectivity index (χ3n) is 4.33. The van der Waals surface area contributed by atoms with Gasteiger partial charge < -0.3 is 4.74 Å². The topological polar surface area (TPSA) is 26.3 Å². The maximum atomic E-state index is 11.9. The number of ether oxygens (including phenoxy) is 1. The van der Waals surface area contributed by atoms with Crippen molar-refractivity contribution in [3.8, 4) is 0 Å². The molecule has 18 heavy (non-hydrogen) atoms. The highest BCUT2D eigenvalue weighted by Gasteiger charge is 2.42. The number of rotatable bonds is 7. The quantitative estimate of drug-likeness (QED) is 0.499. The molecule has 0 N–H and O–H groups in total. The molecule has 0 spiro atoms. The summed E-state index contributed by atoms with van der Waals surface area (Å²) in [7, 11) is 0. The molecule has 2 aliphatic carbocycles. The van der Waals surface area contributed by atoms with E-state index in [9.17, 15) is 4.79 Å². The summed E-state index contributed by atoms with van der Waals surface area (Å²) >= 11 is 0. The van der Waals surface area contributed by atoms with Gasteiger partial charge in [0, 0.05) is 5.57 Å². The van der Waals surface area contributed by atoms with Gasteiger partial charge in [-0.15, -0.1) is 0 Å². The van der Waals surface area contributed by atoms with Crippen LogP contribution in [0.5, 0.6) is 0 Å². The Bertz CT molecular complexity index is 330. The standard InChI is InChI=1S/C16H26O2/c1-3-5-6-8-12-11-15(12)13-9-7-10-14(13)16(17)18-4-2/h12,15H,3-11H2,1-2H3/t12-,15-/m0/s1. The first-order chi connectivity index (χ1) is 8.77. The number of allylic oxidation sites excluding steroid dienone is 1. The monoisotopic (exact) mass is 250 g/mol. The number of hydrogen-bond donors (Lipinski definition) is 0. The molecule has 0 amide bonds. The molecule has 0 radical (unpaired) electrons. The SMILES string of the molecule is CCCCC[C@H]1C[C@@H]1C1=C(C(=O)OCC)CCC1. The molecule has 0 saturated heterocycles. The molecule has 102 valence electrons. The summed E-state index contributed by atoms with van der Waals surface area (Å²) in [6.07, 6.45) is 9.94. The van der Waals surface area contributed by atoms with Crippen molar-refractivity contribution in [2.75, 3.05) is 6.61 Å². The lowest BCUT2D eigenvalue weighted by Gasteiger charge is -2.07. The molecule has 1 fully saturated rings. The van der Waals surface area contributed by atoms with E-state index in [1.807, 2.05) is 6.92 Å². The molecule has 0 aromatic rings. The first-order valence-electron chi connectivity index (χ1n) is 7.66. The minimum absolute atomic E-state index is 0.0378. The predicted molar refractivity (Wildman–Crippen MR) is 73.2 cm³/mol. The highest BCUT2D eigenvalue weighted by molar-refractivity contribution is 5.90. The first-order valence-corrected chi connectivity index (χ1v) is 7.66. The molecule has 2 atom stereocenters. The van der Waals surface area contributed by atoms with Crippen LogP contribution in [0.15, 0.2) is 11.1 Å². The largest absolute Gasteiger partial charge is 0.463 e. The maximum Gasteiger partial charge on any atom is 0.333 e. The van der Waals surface area contributed by atoms with E-state index in [2.05, 4.69) is 6.92 Å². The summed E-state index contributed by atoms with van der Waals surface area (Å²) < 4.78 is 5.17. The van der Waals surface area contributed by atoms with Crippen LogP contribution >= 0.6 is 0 Å². The fourth-order valence-corrected chi connectivity index (χ4v) is 3.28. The summed E-state index contributed by atoms with van der Waals surface area (Å²) in [5.41, 5.74) is 2.48. The molecule has 2 aliphatic rings. The van der Waals surface area contributed by atoms with E-state index in [1.54, 1.807) is 0 Å². The third kappa shape index (κ3) is 3.15. The van der Waals surface area contributed by atoms with Crippen LogP contribution in [0.3, 0.4) is 0 Å². The summed E-state index contributed by atoms with van der Waals surface area (Å²) in [6.45, 7) is 4.64. The smallest absolute Gasteiger partial charge is 0.333 e. The number of carbonyl (C=O) groups is 1. The van der Waals surface area contributed by atoms with Crippen molar-refractivity contribution in [2.24, 2.45) is 11.8 Å². The predicted octanol–water partition coefficient (Wildman–Crippen LogP) is 4.25. The highest BCUT2D eigenvalue weighted by Crippen LogP contribution is 2.52. The van der Waals surface area contributed by atoms with E-state index in [1.165, 1.54) is 37.7 Å². The second kappa shape index (κ2) is 6.40. The lowest BCUT2D eigenvalue weighted by atomic mass is 10.0. The molecule has 2 heteroatoms. The Kier molecular flexibility index (Phi) is 4.85. The van der Waals surface area contributed by atoms with Crippen LogP contribution in [0.25, 0.3) is 0 Å². The summed E-state index contributed by atoms with van der Waals surface area (Å²) in [5, 5.41) is 0. The summed E-state index contributed by atoms with van der Waals surface area (Å²) in [5.74, 6) is 1.56. The van der Waals surface area contributed by atoms with Gasteiger partial charge in [0.25, 0.3) is 0 Å².